The molecular weight excluding hydrogens is 218 g/mol. The van der Waals surface area contributed by atoms with Gasteiger partial charge in [-0.1, -0.05) is 0 Å². The van der Waals surface area contributed by atoms with E-state index < -0.39 is 0 Å². The third kappa shape index (κ3) is 4.61. The van der Waals surface area contributed by atoms with Crippen molar-refractivity contribution in [1.82, 2.24) is 15.8 Å². The summed E-state index contributed by atoms with van der Waals surface area (Å²) in [6.07, 6.45) is 4.11. The van der Waals surface area contributed by atoms with Crippen LogP contribution < -0.4 is 10.7 Å². The zero-order chi connectivity index (χ0) is 11.9. The Morgan fingerprint density at radius 2 is 2.00 bits per heavy atom. The third-order valence-corrected chi connectivity index (χ3v) is 3.53. The average molecular weight is 241 g/mol. The Morgan fingerprint density at radius 1 is 1.29 bits per heavy atom. The van der Waals surface area contributed by atoms with Crippen molar-refractivity contribution in [2.75, 3.05) is 39.4 Å². The summed E-state index contributed by atoms with van der Waals surface area (Å²) in [6.45, 7) is 5.26. The van der Waals surface area contributed by atoms with Crippen LogP contribution in [0.5, 0.6) is 0 Å². The number of morpholine rings is 1. The van der Waals surface area contributed by atoms with Crippen LogP contribution in [0, 0.1) is 5.92 Å². The van der Waals surface area contributed by atoms with E-state index in [0.29, 0.717) is 19.6 Å². The Hall–Kier alpha value is -0.650. The molecule has 0 bridgehead atoms. The summed E-state index contributed by atoms with van der Waals surface area (Å²) in [4.78, 5) is 11.7. The zero-order valence-electron chi connectivity index (χ0n) is 10.4. The quantitative estimate of drug-likeness (QED) is 0.734. The molecule has 0 unspecified atom stereocenters. The van der Waals surface area contributed by atoms with Gasteiger partial charge in [-0.3, -0.25) is 10.2 Å². The Labute approximate surface area is 103 Å². The molecule has 0 aromatic rings. The van der Waals surface area contributed by atoms with E-state index in [4.69, 9.17) is 4.74 Å². The Morgan fingerprint density at radius 3 is 2.71 bits per heavy atom. The van der Waals surface area contributed by atoms with Gasteiger partial charge in [0, 0.05) is 19.5 Å². The first-order valence-electron chi connectivity index (χ1n) is 6.67. The van der Waals surface area contributed by atoms with Crippen LogP contribution in [0.15, 0.2) is 0 Å². The minimum atomic E-state index is 0.158. The molecule has 2 saturated heterocycles. The molecule has 98 valence electrons. The van der Waals surface area contributed by atoms with Gasteiger partial charge in [-0.25, -0.2) is 5.01 Å². The Balaban J connectivity index is 1.59. The lowest BCUT2D eigenvalue weighted by atomic mass is 9.93. The number of ether oxygens (including phenoxy) is 1. The van der Waals surface area contributed by atoms with E-state index in [0.717, 1.165) is 38.5 Å². The molecule has 0 spiro atoms. The summed E-state index contributed by atoms with van der Waals surface area (Å²) in [5.41, 5.74) is 2.96. The van der Waals surface area contributed by atoms with Crippen LogP contribution in [0.25, 0.3) is 0 Å². The molecule has 5 heteroatoms. The molecule has 0 aliphatic carbocycles. The largest absolute Gasteiger partial charge is 0.379 e. The first-order valence-corrected chi connectivity index (χ1v) is 6.67. The second-order valence-corrected chi connectivity index (χ2v) is 4.87. The number of piperidine rings is 1. The van der Waals surface area contributed by atoms with Gasteiger partial charge in [0.2, 0.25) is 5.91 Å². The summed E-state index contributed by atoms with van der Waals surface area (Å²) in [5.74, 6) is 0.886. The van der Waals surface area contributed by atoms with E-state index in [1.54, 1.807) is 0 Å². The van der Waals surface area contributed by atoms with E-state index in [1.165, 1.54) is 12.8 Å². The summed E-state index contributed by atoms with van der Waals surface area (Å²) >= 11 is 0. The fraction of sp³-hybridized carbons (Fsp3) is 0.917. The SMILES string of the molecule is O=C(CCC1CCNCC1)NN1CCOCC1. The lowest BCUT2D eigenvalue weighted by molar-refractivity contribution is -0.128. The van der Waals surface area contributed by atoms with Crippen LogP contribution in [0.1, 0.15) is 25.7 Å². The number of hydrogen-bond acceptors (Lipinski definition) is 4. The van der Waals surface area contributed by atoms with Gasteiger partial charge in [0.05, 0.1) is 13.2 Å². The molecule has 1 amide bonds. The molecule has 2 aliphatic rings. The van der Waals surface area contributed by atoms with E-state index in [2.05, 4.69) is 10.7 Å². The van der Waals surface area contributed by atoms with Crippen LogP contribution in [0.2, 0.25) is 0 Å². The van der Waals surface area contributed by atoms with Crippen LogP contribution >= 0.6 is 0 Å². The number of hydrazine groups is 1. The summed E-state index contributed by atoms with van der Waals surface area (Å²) in [6, 6.07) is 0. The fourth-order valence-corrected chi connectivity index (χ4v) is 2.41. The van der Waals surface area contributed by atoms with Crippen molar-refractivity contribution in [1.29, 1.82) is 0 Å². The summed E-state index contributed by atoms with van der Waals surface area (Å²) in [5, 5.41) is 5.31. The molecule has 0 radical (unpaired) electrons. The smallest absolute Gasteiger partial charge is 0.234 e. The molecule has 2 rings (SSSR count). The number of nitrogens with one attached hydrogen (secondary N) is 2. The molecular formula is C12H23N3O2. The highest BCUT2D eigenvalue weighted by Gasteiger charge is 2.16. The number of amides is 1. The van der Waals surface area contributed by atoms with Crippen molar-refractivity contribution in [2.24, 2.45) is 5.92 Å². The molecule has 0 aromatic carbocycles. The number of hydrogen-bond donors (Lipinski definition) is 2. The first kappa shape index (κ1) is 12.8. The van der Waals surface area contributed by atoms with Crippen LogP contribution in [-0.2, 0) is 9.53 Å². The maximum absolute atomic E-state index is 11.7. The number of carbonyl (C=O) groups is 1. The average Bonchev–Trinajstić information content (AvgIpc) is 2.39. The lowest BCUT2D eigenvalue weighted by Gasteiger charge is -2.27. The van der Waals surface area contributed by atoms with Gasteiger partial charge in [0.15, 0.2) is 0 Å². The third-order valence-electron chi connectivity index (χ3n) is 3.53. The van der Waals surface area contributed by atoms with Gasteiger partial charge < -0.3 is 10.1 Å². The van der Waals surface area contributed by atoms with Gasteiger partial charge in [-0.15, -0.1) is 0 Å². The van der Waals surface area contributed by atoms with Crippen molar-refractivity contribution in [3.8, 4) is 0 Å². The maximum atomic E-state index is 11.7. The highest BCUT2D eigenvalue weighted by atomic mass is 16.5. The van der Waals surface area contributed by atoms with Gasteiger partial charge in [-0.05, 0) is 38.3 Å². The van der Waals surface area contributed by atoms with E-state index >= 15 is 0 Å². The molecule has 2 aliphatic heterocycles. The lowest BCUT2D eigenvalue weighted by Crippen LogP contribution is -2.48. The standard InChI is InChI=1S/C12H23N3O2/c16-12(14-15-7-9-17-10-8-15)2-1-11-3-5-13-6-4-11/h11,13H,1-10H2,(H,14,16). The maximum Gasteiger partial charge on any atom is 0.234 e. The van der Waals surface area contributed by atoms with Crippen molar-refractivity contribution in [3.05, 3.63) is 0 Å². The molecule has 17 heavy (non-hydrogen) atoms. The molecule has 0 saturated carbocycles. The van der Waals surface area contributed by atoms with Crippen LogP contribution in [0.4, 0.5) is 0 Å². The van der Waals surface area contributed by atoms with Gasteiger partial charge in [0.25, 0.3) is 0 Å². The van der Waals surface area contributed by atoms with Crippen molar-refractivity contribution >= 4 is 5.91 Å². The molecule has 2 N–H and O–H groups in total. The molecule has 0 atom stereocenters. The first-order chi connectivity index (χ1) is 8.34. The van der Waals surface area contributed by atoms with Gasteiger partial charge >= 0.3 is 0 Å². The van der Waals surface area contributed by atoms with Gasteiger partial charge in [-0.2, -0.15) is 0 Å². The second-order valence-electron chi connectivity index (χ2n) is 4.87. The molecule has 5 nitrogen and oxygen atoms in total. The fourth-order valence-electron chi connectivity index (χ4n) is 2.41. The monoisotopic (exact) mass is 241 g/mol. The predicted octanol–water partition coefficient (Wildman–Crippen LogP) is 0.130. The van der Waals surface area contributed by atoms with Gasteiger partial charge in [0.1, 0.15) is 0 Å². The zero-order valence-corrected chi connectivity index (χ0v) is 10.4. The van der Waals surface area contributed by atoms with Crippen molar-refractivity contribution in [2.45, 2.75) is 25.7 Å². The minimum absolute atomic E-state index is 0.158. The highest BCUT2D eigenvalue weighted by Crippen LogP contribution is 2.17. The van der Waals surface area contributed by atoms with Crippen molar-refractivity contribution in [3.63, 3.8) is 0 Å². The second kappa shape index (κ2) is 6.93. The predicted molar refractivity (Wildman–Crippen MR) is 65.4 cm³/mol. The molecule has 2 heterocycles. The van der Waals surface area contributed by atoms with Crippen molar-refractivity contribution < 1.29 is 9.53 Å². The normalized spacial score (nSPS) is 23.5. The number of nitrogens with zero attached hydrogens (tertiary/aromatic N) is 1. The van der Waals surface area contributed by atoms with E-state index in [-0.39, 0.29) is 5.91 Å². The Kier molecular flexibility index (Phi) is 5.22. The number of rotatable bonds is 4. The minimum Gasteiger partial charge on any atom is -0.379 e. The highest BCUT2D eigenvalue weighted by molar-refractivity contribution is 5.75. The molecule has 2 fully saturated rings. The van der Waals surface area contributed by atoms with E-state index in [1.807, 2.05) is 5.01 Å². The summed E-state index contributed by atoms with van der Waals surface area (Å²) in [7, 11) is 0. The van der Waals surface area contributed by atoms with Crippen LogP contribution in [-0.4, -0.2) is 50.3 Å². The number of carbonyl (C=O) groups excluding carboxylic acids is 1. The topological polar surface area (TPSA) is 53.6 Å². The van der Waals surface area contributed by atoms with Crippen LogP contribution in [0.3, 0.4) is 0 Å². The summed E-state index contributed by atoms with van der Waals surface area (Å²) < 4.78 is 5.24. The Bertz CT molecular complexity index is 236. The van der Waals surface area contributed by atoms with E-state index in [9.17, 15) is 4.79 Å². The molecule has 0 aromatic heterocycles.